The molecule has 0 spiro atoms. The van der Waals surface area contributed by atoms with Gasteiger partial charge in [0, 0.05) is 67.1 Å². The molecule has 0 heterocycles. The van der Waals surface area contributed by atoms with Gasteiger partial charge in [0.05, 0.1) is 5.92 Å². The van der Waals surface area contributed by atoms with Crippen molar-refractivity contribution in [1.82, 2.24) is 0 Å². The van der Waals surface area contributed by atoms with Crippen molar-refractivity contribution in [3.8, 4) is 0 Å². The molecule has 18 heavy (non-hydrogen) atoms. The monoisotopic (exact) mass is 524 g/mol. The second-order valence-electron chi connectivity index (χ2n) is 2.59. The Kier molecular flexibility index (Phi) is 139. The van der Waals surface area contributed by atoms with E-state index in [1.165, 1.54) is 0 Å². The van der Waals surface area contributed by atoms with Crippen molar-refractivity contribution in [2.24, 2.45) is 5.92 Å². The Morgan fingerprint density at radius 1 is 0.944 bits per heavy atom. The van der Waals surface area contributed by atoms with Crippen molar-refractivity contribution in [2.75, 3.05) is 0 Å². The van der Waals surface area contributed by atoms with Crippen LogP contribution in [0, 0.1) is 5.92 Å². The van der Waals surface area contributed by atoms with E-state index in [0.29, 0.717) is 0 Å². The van der Waals surface area contributed by atoms with E-state index < -0.39 is 5.97 Å². The molecule has 0 saturated heterocycles. The van der Waals surface area contributed by atoms with Gasteiger partial charge in [-0.2, -0.15) is 0 Å². The molecule has 0 saturated carbocycles. The maximum Gasteiger partial charge on any atom is 0.306 e. The Morgan fingerprint density at radius 2 is 1.28 bits per heavy atom. The van der Waals surface area contributed by atoms with E-state index >= 15 is 0 Å². The molecule has 0 aliphatic rings. The molecule has 0 aromatic carbocycles. The minimum Gasteiger partial charge on any atom is -0.481 e. The summed E-state index contributed by atoms with van der Waals surface area (Å²) in [5.74, 6) is -0.754. The van der Waals surface area contributed by atoms with Crippen molar-refractivity contribution in [1.29, 1.82) is 0 Å². The largest absolute Gasteiger partial charge is 0.481 e. The smallest absolute Gasteiger partial charge is 0.306 e. The first-order valence-corrected chi connectivity index (χ1v) is 3.95. The number of aliphatic carboxylic acids is 1. The number of carbonyl (C=O) groups is 1. The Morgan fingerprint density at radius 3 is 1.44 bits per heavy atom. The first-order valence-electron chi connectivity index (χ1n) is 3.95. The van der Waals surface area contributed by atoms with Crippen LogP contribution >= 0.6 is 49.6 Å². The second-order valence-corrected chi connectivity index (χ2v) is 2.59. The standard InChI is InChI=1S/C8H16O2.4ClH.4Co/c1-3-5-6-7(4-2)8(9)10;;;;;;;;/h7H,3-6H2,1-2H3,(H,9,10);4*1H;;;;. The zero-order valence-corrected chi connectivity index (χ0v) is 17.2. The summed E-state index contributed by atoms with van der Waals surface area (Å²) >= 11 is 0. The molecule has 0 fully saturated rings. The van der Waals surface area contributed by atoms with Gasteiger partial charge in [0.15, 0.2) is 0 Å². The van der Waals surface area contributed by atoms with E-state index in [9.17, 15) is 4.79 Å². The summed E-state index contributed by atoms with van der Waals surface area (Å²) < 4.78 is 0. The number of halogens is 4. The molecule has 0 aliphatic carbocycles. The van der Waals surface area contributed by atoms with Crippen LogP contribution in [-0.4, -0.2) is 11.1 Å². The van der Waals surface area contributed by atoms with E-state index in [1.807, 2.05) is 6.92 Å². The molecule has 0 aromatic heterocycles. The van der Waals surface area contributed by atoms with E-state index in [2.05, 4.69) is 6.92 Å². The summed E-state index contributed by atoms with van der Waals surface area (Å²) in [5.41, 5.74) is 0. The van der Waals surface area contributed by atoms with Gasteiger partial charge in [0.25, 0.3) is 0 Å². The fraction of sp³-hybridized carbons (Fsp3) is 0.875. The number of carboxylic acid groups (broad SMARTS) is 1. The first-order chi connectivity index (χ1) is 4.72. The average molecular weight is 526 g/mol. The third kappa shape index (κ3) is 36.3. The van der Waals surface area contributed by atoms with Crippen molar-refractivity contribution in [3.63, 3.8) is 0 Å². The summed E-state index contributed by atoms with van der Waals surface area (Å²) in [6.45, 7) is 4.00. The fourth-order valence-corrected chi connectivity index (χ4v) is 0.953. The third-order valence-corrected chi connectivity index (χ3v) is 1.75. The van der Waals surface area contributed by atoms with Gasteiger partial charge >= 0.3 is 5.97 Å². The maximum atomic E-state index is 10.4. The first kappa shape index (κ1) is 58.7. The van der Waals surface area contributed by atoms with Crippen molar-refractivity contribution in [2.45, 2.75) is 39.5 Å². The molecule has 0 rings (SSSR count). The summed E-state index contributed by atoms with van der Waals surface area (Å²) in [6.07, 6.45) is 3.71. The van der Waals surface area contributed by atoms with Gasteiger partial charge in [-0.25, -0.2) is 0 Å². The number of hydrogen-bond donors (Lipinski definition) is 1. The molecule has 0 aromatic rings. The molecule has 1 unspecified atom stereocenters. The zero-order valence-electron chi connectivity index (χ0n) is 9.73. The molecule has 0 amide bonds. The van der Waals surface area contributed by atoms with E-state index in [1.54, 1.807) is 0 Å². The molecule has 10 heteroatoms. The summed E-state index contributed by atoms with van der Waals surface area (Å²) in [5, 5.41) is 8.60. The van der Waals surface area contributed by atoms with E-state index in [0.717, 1.165) is 25.7 Å². The van der Waals surface area contributed by atoms with Gasteiger partial charge in [-0.3, -0.25) is 4.79 Å². The number of unbranched alkanes of at least 4 members (excludes halogenated alkanes) is 1. The van der Waals surface area contributed by atoms with Gasteiger partial charge in [-0.05, 0) is 12.8 Å². The van der Waals surface area contributed by atoms with Crippen molar-refractivity contribution < 1.29 is 77.0 Å². The minimum atomic E-state index is -0.643. The summed E-state index contributed by atoms with van der Waals surface area (Å²) in [7, 11) is 0. The van der Waals surface area contributed by atoms with Crippen molar-refractivity contribution in [3.05, 3.63) is 0 Å². The zero-order chi connectivity index (χ0) is 7.98. The van der Waals surface area contributed by atoms with Gasteiger partial charge in [0.2, 0.25) is 0 Å². The SMILES string of the molecule is CCCCC(CC)C(=O)O.Cl.Cl.Cl.Cl.[Co].[Co].[Co].[Co]. The Bertz CT molecular complexity index is 125. The van der Waals surface area contributed by atoms with Gasteiger partial charge < -0.3 is 5.11 Å². The van der Waals surface area contributed by atoms with Crippen LogP contribution < -0.4 is 0 Å². The molecule has 0 aliphatic heterocycles. The van der Waals surface area contributed by atoms with Crippen LogP contribution in [0.4, 0.5) is 0 Å². The molecular formula is C8H20Cl4Co4O2. The predicted octanol–water partition coefficient (Wildman–Crippen LogP) is 3.96. The Labute approximate surface area is 176 Å². The Balaban J connectivity index is -0.0000000145. The van der Waals surface area contributed by atoms with E-state index in [-0.39, 0.29) is 123 Å². The third-order valence-electron chi connectivity index (χ3n) is 1.75. The molecule has 0 bridgehead atoms. The van der Waals surface area contributed by atoms with Crippen LogP contribution in [0.25, 0.3) is 0 Å². The minimum absolute atomic E-state index is 0. The molecular weight excluding hydrogens is 506 g/mol. The van der Waals surface area contributed by atoms with Gasteiger partial charge in [-0.1, -0.05) is 26.7 Å². The molecule has 128 valence electrons. The summed E-state index contributed by atoms with van der Waals surface area (Å²) in [6, 6.07) is 0. The number of rotatable bonds is 5. The second kappa shape index (κ2) is 42.7. The molecule has 1 N–H and O–H groups in total. The predicted molar refractivity (Wildman–Crippen MR) is 69.9 cm³/mol. The molecule has 2 nitrogen and oxygen atoms in total. The van der Waals surface area contributed by atoms with Crippen LogP contribution in [0.1, 0.15) is 39.5 Å². The quantitative estimate of drug-likeness (QED) is 0.590. The molecule has 4 radical (unpaired) electrons. The fourth-order valence-electron chi connectivity index (χ4n) is 0.953. The van der Waals surface area contributed by atoms with Crippen LogP contribution in [0.2, 0.25) is 0 Å². The van der Waals surface area contributed by atoms with Gasteiger partial charge in [-0.15, -0.1) is 49.6 Å². The van der Waals surface area contributed by atoms with E-state index in [4.69, 9.17) is 5.11 Å². The maximum absolute atomic E-state index is 10.4. The van der Waals surface area contributed by atoms with Crippen LogP contribution in [0.5, 0.6) is 0 Å². The van der Waals surface area contributed by atoms with Crippen LogP contribution in [-0.2, 0) is 71.9 Å². The van der Waals surface area contributed by atoms with Crippen LogP contribution in [0.3, 0.4) is 0 Å². The van der Waals surface area contributed by atoms with Crippen molar-refractivity contribution >= 4 is 55.6 Å². The Hall–Kier alpha value is 2.66. The normalized spacial score (nSPS) is 7.22. The van der Waals surface area contributed by atoms with Crippen LogP contribution in [0.15, 0.2) is 0 Å². The topological polar surface area (TPSA) is 37.3 Å². The molecule has 1 atom stereocenters. The summed E-state index contributed by atoms with van der Waals surface area (Å²) in [4.78, 5) is 10.4. The number of hydrogen-bond acceptors (Lipinski definition) is 1. The average Bonchev–Trinajstić information content (AvgIpc) is 1.89. The number of carboxylic acids is 1. The van der Waals surface area contributed by atoms with Gasteiger partial charge in [0.1, 0.15) is 0 Å².